The molecular weight excluding hydrogens is 414 g/mol. The molecule has 6 rings (SSSR count). The third-order valence-electron chi connectivity index (χ3n) is 7.03. The van der Waals surface area contributed by atoms with E-state index in [2.05, 4.69) is 67.7 Å². The van der Waals surface area contributed by atoms with E-state index in [1.165, 1.54) is 16.6 Å². The Hall–Kier alpha value is -3.58. The van der Waals surface area contributed by atoms with Crippen molar-refractivity contribution in [3.63, 3.8) is 0 Å². The Morgan fingerprint density at radius 1 is 1.03 bits per heavy atom. The molecule has 0 spiro atoms. The number of rotatable bonds is 5. The number of H-pyrrole nitrogens is 1. The Morgan fingerprint density at radius 3 is 2.76 bits per heavy atom. The largest absolute Gasteiger partial charge is 0.380 e. The maximum absolute atomic E-state index is 13.6. The summed E-state index contributed by atoms with van der Waals surface area (Å²) in [5.74, 6) is 0.339. The summed E-state index contributed by atoms with van der Waals surface area (Å²) in [5.41, 5.74) is 4.83. The van der Waals surface area contributed by atoms with Crippen LogP contribution in [0.4, 0.5) is 11.4 Å². The normalized spacial score (nSPS) is 19.8. The first-order valence-electron chi connectivity index (χ1n) is 11.6. The second kappa shape index (κ2) is 8.41. The molecular formula is C26H27N5O2. The van der Waals surface area contributed by atoms with Gasteiger partial charge in [-0.1, -0.05) is 29.4 Å². The molecule has 33 heavy (non-hydrogen) atoms. The van der Waals surface area contributed by atoms with Crippen LogP contribution in [0.5, 0.6) is 0 Å². The van der Waals surface area contributed by atoms with Gasteiger partial charge >= 0.3 is 0 Å². The second-order valence-corrected chi connectivity index (χ2v) is 8.87. The van der Waals surface area contributed by atoms with Crippen LogP contribution in [0.1, 0.15) is 22.5 Å². The number of hydrogen-bond donors (Lipinski definition) is 2. The van der Waals surface area contributed by atoms with E-state index < -0.39 is 0 Å². The number of aromatic amines is 1. The number of nitrogens with one attached hydrogen (secondary N) is 2. The van der Waals surface area contributed by atoms with Gasteiger partial charge in [0.05, 0.1) is 12.2 Å². The van der Waals surface area contributed by atoms with Crippen molar-refractivity contribution in [2.24, 2.45) is 0 Å². The van der Waals surface area contributed by atoms with Crippen LogP contribution in [0, 0.1) is 0 Å². The summed E-state index contributed by atoms with van der Waals surface area (Å²) in [5, 5.41) is 8.68. The van der Waals surface area contributed by atoms with Gasteiger partial charge in [0.15, 0.2) is 0 Å². The zero-order valence-corrected chi connectivity index (χ0v) is 18.4. The van der Waals surface area contributed by atoms with Crippen LogP contribution in [0.3, 0.4) is 0 Å². The molecule has 2 aliphatic rings. The number of fused-ring (bicyclic) bond motifs is 2. The number of anilines is 2. The topological polar surface area (TPSA) is 77.4 Å². The molecule has 4 heterocycles. The fraction of sp³-hybridized carbons (Fsp3) is 0.308. The van der Waals surface area contributed by atoms with E-state index in [0.29, 0.717) is 5.76 Å². The molecule has 0 bridgehead atoms. The van der Waals surface area contributed by atoms with Crippen LogP contribution in [-0.4, -0.2) is 59.1 Å². The highest BCUT2D eigenvalue weighted by molar-refractivity contribution is 5.98. The quantitative estimate of drug-likeness (QED) is 0.457. The van der Waals surface area contributed by atoms with Crippen LogP contribution in [-0.2, 0) is 6.42 Å². The van der Waals surface area contributed by atoms with Crippen molar-refractivity contribution in [1.82, 2.24) is 15.0 Å². The molecule has 168 valence electrons. The molecule has 7 heteroatoms. The Kier molecular flexibility index (Phi) is 5.11. The molecule has 0 aliphatic carbocycles. The standard InChI is InChI=1S/C26H27N5O2/c32-26(24-11-13-28-33-24)25(22-9-8-18-4-1-2-5-20(18)29-22)31-16-14-30(15-17-31)23-7-3-6-21-19(23)10-12-27-21/h1-7,10-13,22,25,27,29H,8-9,14-17H2. The smallest absolute Gasteiger partial charge is 0.219 e. The summed E-state index contributed by atoms with van der Waals surface area (Å²) in [6.07, 6.45) is 5.40. The van der Waals surface area contributed by atoms with Crippen molar-refractivity contribution in [2.75, 3.05) is 36.4 Å². The van der Waals surface area contributed by atoms with Gasteiger partial charge in [0, 0.05) is 66.8 Å². The highest BCUT2D eigenvalue weighted by atomic mass is 16.5. The summed E-state index contributed by atoms with van der Waals surface area (Å²) in [4.78, 5) is 21.6. The SMILES string of the molecule is O=C(c1ccno1)C(C1CCc2ccccc2N1)N1CCN(c2cccc3[nH]ccc23)CC1. The number of carbonyl (C=O) groups is 1. The number of nitrogens with zero attached hydrogens (tertiary/aromatic N) is 3. The summed E-state index contributed by atoms with van der Waals surface area (Å²) in [6, 6.07) is 18.3. The van der Waals surface area contributed by atoms with Crippen molar-refractivity contribution >= 4 is 28.1 Å². The molecule has 2 unspecified atom stereocenters. The van der Waals surface area contributed by atoms with E-state index in [1.54, 1.807) is 12.3 Å². The van der Waals surface area contributed by atoms with E-state index in [9.17, 15) is 4.79 Å². The molecule has 1 fully saturated rings. The van der Waals surface area contributed by atoms with E-state index >= 15 is 0 Å². The van der Waals surface area contributed by atoms with Gasteiger partial charge in [0.1, 0.15) is 0 Å². The van der Waals surface area contributed by atoms with Crippen LogP contribution < -0.4 is 10.2 Å². The molecule has 2 aliphatic heterocycles. The van der Waals surface area contributed by atoms with Gasteiger partial charge < -0.3 is 19.7 Å². The summed E-state index contributed by atoms with van der Waals surface area (Å²) in [7, 11) is 0. The summed E-state index contributed by atoms with van der Waals surface area (Å²) in [6.45, 7) is 3.36. The lowest BCUT2D eigenvalue weighted by atomic mass is 9.89. The van der Waals surface area contributed by atoms with Gasteiger partial charge in [-0.3, -0.25) is 9.69 Å². The third-order valence-corrected chi connectivity index (χ3v) is 7.03. The predicted molar refractivity (Wildman–Crippen MR) is 129 cm³/mol. The summed E-state index contributed by atoms with van der Waals surface area (Å²) >= 11 is 0. The predicted octanol–water partition coefficient (Wildman–Crippen LogP) is 3.96. The molecule has 7 nitrogen and oxygen atoms in total. The summed E-state index contributed by atoms with van der Waals surface area (Å²) < 4.78 is 5.29. The average Bonchev–Trinajstić information content (AvgIpc) is 3.57. The highest BCUT2D eigenvalue weighted by Crippen LogP contribution is 2.31. The molecule has 4 aromatic rings. The third kappa shape index (κ3) is 3.68. The first kappa shape index (κ1) is 20.1. The van der Waals surface area contributed by atoms with Gasteiger partial charge in [-0.2, -0.15) is 0 Å². The van der Waals surface area contributed by atoms with Crippen LogP contribution in [0.25, 0.3) is 10.9 Å². The highest BCUT2D eigenvalue weighted by Gasteiger charge is 2.38. The minimum Gasteiger partial charge on any atom is -0.380 e. The number of hydrogen-bond acceptors (Lipinski definition) is 6. The molecule has 2 atom stereocenters. The number of piperazine rings is 1. The van der Waals surface area contributed by atoms with Gasteiger partial charge in [-0.15, -0.1) is 0 Å². The Bertz CT molecular complexity index is 1260. The lowest BCUT2D eigenvalue weighted by molar-refractivity contribution is 0.0734. The molecule has 2 aromatic carbocycles. The van der Waals surface area contributed by atoms with Gasteiger partial charge in [0.25, 0.3) is 0 Å². The minimum atomic E-state index is -0.295. The molecule has 2 N–H and O–H groups in total. The molecule has 0 amide bonds. The molecule has 2 aromatic heterocycles. The van der Waals surface area contributed by atoms with Gasteiger partial charge in [0.2, 0.25) is 11.5 Å². The van der Waals surface area contributed by atoms with Crippen molar-refractivity contribution in [1.29, 1.82) is 0 Å². The van der Waals surface area contributed by atoms with Crippen LogP contribution in [0.2, 0.25) is 0 Å². The Balaban J connectivity index is 1.25. The zero-order chi connectivity index (χ0) is 22.2. The van der Waals surface area contributed by atoms with E-state index in [0.717, 1.165) is 50.2 Å². The fourth-order valence-electron chi connectivity index (χ4n) is 5.38. The number of carbonyl (C=O) groups excluding carboxylic acids is 1. The number of ketones is 1. The molecule has 1 saturated heterocycles. The monoisotopic (exact) mass is 441 g/mol. The number of para-hydroxylation sites is 1. The Morgan fingerprint density at radius 2 is 1.91 bits per heavy atom. The maximum Gasteiger partial charge on any atom is 0.219 e. The molecule has 0 saturated carbocycles. The molecule has 0 radical (unpaired) electrons. The van der Waals surface area contributed by atoms with E-state index in [4.69, 9.17) is 4.52 Å². The number of aromatic nitrogens is 2. The van der Waals surface area contributed by atoms with Crippen molar-refractivity contribution in [3.8, 4) is 0 Å². The number of benzene rings is 2. The van der Waals surface area contributed by atoms with Crippen molar-refractivity contribution < 1.29 is 9.32 Å². The van der Waals surface area contributed by atoms with E-state index in [1.807, 2.05) is 12.3 Å². The number of Topliss-reactive ketones (excluding diaryl/α,β-unsaturated/α-hetero) is 1. The minimum absolute atomic E-state index is 0.00515. The first-order chi connectivity index (χ1) is 16.3. The van der Waals surface area contributed by atoms with E-state index in [-0.39, 0.29) is 17.9 Å². The lowest BCUT2D eigenvalue weighted by Crippen LogP contribution is -2.58. The van der Waals surface area contributed by atoms with Crippen molar-refractivity contribution in [3.05, 3.63) is 78.3 Å². The fourth-order valence-corrected chi connectivity index (χ4v) is 5.38. The van der Waals surface area contributed by atoms with Gasteiger partial charge in [-0.05, 0) is 42.7 Å². The maximum atomic E-state index is 13.6. The lowest BCUT2D eigenvalue weighted by Gasteiger charge is -2.43. The second-order valence-electron chi connectivity index (χ2n) is 8.87. The van der Waals surface area contributed by atoms with Gasteiger partial charge in [-0.25, -0.2) is 0 Å². The van der Waals surface area contributed by atoms with Crippen LogP contribution in [0.15, 0.2) is 71.5 Å². The van der Waals surface area contributed by atoms with Crippen molar-refractivity contribution in [2.45, 2.75) is 24.9 Å². The zero-order valence-electron chi connectivity index (χ0n) is 18.4. The first-order valence-corrected chi connectivity index (χ1v) is 11.6. The van der Waals surface area contributed by atoms with Crippen LogP contribution >= 0.6 is 0 Å². The Labute approximate surface area is 192 Å². The number of aryl methyl sites for hydroxylation is 1. The average molecular weight is 442 g/mol.